The number of carbonyl (C=O) groups is 2. The molecule has 0 saturated heterocycles. The van der Waals surface area contributed by atoms with Crippen LogP contribution < -0.4 is 9.62 Å². The Labute approximate surface area is 216 Å². The Morgan fingerprint density at radius 1 is 1.00 bits per heavy atom. The van der Waals surface area contributed by atoms with Crippen LogP contribution in [0.2, 0.25) is 0 Å². The molecule has 0 unspecified atom stereocenters. The summed E-state index contributed by atoms with van der Waals surface area (Å²) >= 11 is 0. The predicted octanol–water partition coefficient (Wildman–Crippen LogP) is 4.49. The van der Waals surface area contributed by atoms with Crippen LogP contribution in [-0.2, 0) is 26.2 Å². The van der Waals surface area contributed by atoms with Crippen LogP contribution in [0.3, 0.4) is 0 Å². The number of aryl methyl sites for hydroxylation is 3. The molecule has 36 heavy (non-hydrogen) atoms. The van der Waals surface area contributed by atoms with E-state index in [4.69, 9.17) is 0 Å². The molecule has 0 aliphatic heterocycles. The van der Waals surface area contributed by atoms with Gasteiger partial charge in [0, 0.05) is 25.0 Å². The maximum atomic E-state index is 13.4. The highest BCUT2D eigenvalue weighted by Gasteiger charge is 2.29. The number of sulfonamides is 1. The van der Waals surface area contributed by atoms with E-state index in [1.807, 2.05) is 84.0 Å². The van der Waals surface area contributed by atoms with Crippen molar-refractivity contribution in [3.63, 3.8) is 0 Å². The molecule has 2 rings (SSSR count). The SMILES string of the molecule is Cc1ccc(C)c(N(CCCC(=O)N(Cc2ccccc2C)[C@H](C)C(=O)NC(C)(C)C)S(C)(=O)=O)c1. The molecule has 0 aliphatic carbocycles. The highest BCUT2D eigenvalue weighted by molar-refractivity contribution is 7.92. The summed E-state index contributed by atoms with van der Waals surface area (Å²) in [6.45, 7) is 13.7. The Kier molecular flexibility index (Phi) is 9.71. The molecular formula is C28H41N3O4S. The monoisotopic (exact) mass is 515 g/mol. The lowest BCUT2D eigenvalue weighted by molar-refractivity contribution is -0.141. The number of rotatable bonds is 10. The van der Waals surface area contributed by atoms with Crippen molar-refractivity contribution in [1.82, 2.24) is 10.2 Å². The summed E-state index contributed by atoms with van der Waals surface area (Å²) in [7, 11) is -3.54. The number of nitrogens with one attached hydrogen (secondary N) is 1. The van der Waals surface area contributed by atoms with E-state index in [-0.39, 0.29) is 24.8 Å². The lowest BCUT2D eigenvalue weighted by Crippen LogP contribution is -2.52. The molecule has 0 heterocycles. The number of nitrogens with zero attached hydrogens (tertiary/aromatic N) is 2. The van der Waals surface area contributed by atoms with Crippen molar-refractivity contribution in [3.05, 3.63) is 64.7 Å². The number of carbonyl (C=O) groups excluding carboxylic acids is 2. The molecule has 0 saturated carbocycles. The van der Waals surface area contributed by atoms with Gasteiger partial charge in [-0.2, -0.15) is 0 Å². The number of amides is 2. The van der Waals surface area contributed by atoms with Gasteiger partial charge in [0.2, 0.25) is 21.8 Å². The Bertz CT molecular complexity index is 1190. The first-order valence-corrected chi connectivity index (χ1v) is 14.2. The summed E-state index contributed by atoms with van der Waals surface area (Å²) in [5.41, 5.74) is 4.02. The lowest BCUT2D eigenvalue weighted by Gasteiger charge is -2.32. The smallest absolute Gasteiger partial charge is 0.242 e. The summed E-state index contributed by atoms with van der Waals surface area (Å²) in [6.07, 6.45) is 1.63. The fourth-order valence-corrected chi connectivity index (χ4v) is 5.01. The fraction of sp³-hybridized carbons (Fsp3) is 0.500. The van der Waals surface area contributed by atoms with Crippen LogP contribution in [0.1, 0.15) is 62.8 Å². The second-order valence-electron chi connectivity index (χ2n) is 10.6. The highest BCUT2D eigenvalue weighted by Crippen LogP contribution is 2.25. The minimum atomic E-state index is -3.54. The second-order valence-corrected chi connectivity index (χ2v) is 12.5. The van der Waals surface area contributed by atoms with Gasteiger partial charge >= 0.3 is 0 Å². The van der Waals surface area contributed by atoms with E-state index >= 15 is 0 Å². The first kappa shape index (κ1) is 29.4. The molecule has 1 N–H and O–H groups in total. The summed E-state index contributed by atoms with van der Waals surface area (Å²) < 4.78 is 26.5. The Morgan fingerprint density at radius 3 is 2.22 bits per heavy atom. The van der Waals surface area contributed by atoms with Crippen LogP contribution >= 0.6 is 0 Å². The number of hydrogen-bond donors (Lipinski definition) is 1. The van der Waals surface area contributed by atoms with Gasteiger partial charge in [-0.05, 0) is 83.2 Å². The van der Waals surface area contributed by atoms with Crippen molar-refractivity contribution in [2.75, 3.05) is 17.1 Å². The van der Waals surface area contributed by atoms with Gasteiger partial charge in [0.05, 0.1) is 11.9 Å². The lowest BCUT2D eigenvalue weighted by atomic mass is 10.1. The molecule has 2 aromatic rings. The maximum absolute atomic E-state index is 13.4. The van der Waals surface area contributed by atoms with E-state index in [2.05, 4.69) is 5.32 Å². The third kappa shape index (κ3) is 8.36. The second kappa shape index (κ2) is 11.9. The van der Waals surface area contributed by atoms with Gasteiger partial charge in [-0.3, -0.25) is 13.9 Å². The molecule has 2 aromatic carbocycles. The zero-order valence-corrected chi connectivity index (χ0v) is 23.7. The minimum Gasteiger partial charge on any atom is -0.350 e. The van der Waals surface area contributed by atoms with E-state index in [9.17, 15) is 18.0 Å². The Hall–Kier alpha value is -2.87. The first-order chi connectivity index (χ1) is 16.6. The molecule has 2 amide bonds. The Morgan fingerprint density at radius 2 is 1.64 bits per heavy atom. The maximum Gasteiger partial charge on any atom is 0.242 e. The van der Waals surface area contributed by atoms with Crippen LogP contribution in [0.5, 0.6) is 0 Å². The largest absolute Gasteiger partial charge is 0.350 e. The van der Waals surface area contributed by atoms with Gasteiger partial charge in [0.15, 0.2) is 0 Å². The van der Waals surface area contributed by atoms with Crippen molar-refractivity contribution in [2.45, 2.75) is 79.4 Å². The standard InChI is InChI=1S/C28H41N3O4S/c1-20-15-16-22(3)25(18-20)31(36(8,34)35)17-11-14-26(32)30(19-24-13-10-9-12-21(24)2)23(4)27(33)29-28(5,6)7/h9-10,12-13,15-16,18,23H,11,14,17,19H2,1-8H3,(H,29,33)/t23-/m1/s1. The normalized spacial score (nSPS) is 12.7. The molecule has 0 fully saturated rings. The van der Waals surface area contributed by atoms with Gasteiger partial charge in [0.1, 0.15) is 6.04 Å². The zero-order chi connectivity index (χ0) is 27.3. The Balaban J connectivity index is 2.24. The van der Waals surface area contributed by atoms with Crippen molar-refractivity contribution in [1.29, 1.82) is 0 Å². The summed E-state index contributed by atoms with van der Waals surface area (Å²) in [5, 5.41) is 2.96. The van der Waals surface area contributed by atoms with E-state index in [0.29, 0.717) is 18.7 Å². The third-order valence-electron chi connectivity index (χ3n) is 6.05. The third-order valence-corrected chi connectivity index (χ3v) is 7.23. The van der Waals surface area contributed by atoms with Crippen LogP contribution in [0, 0.1) is 20.8 Å². The number of benzene rings is 2. The van der Waals surface area contributed by atoms with Gasteiger partial charge < -0.3 is 10.2 Å². The van der Waals surface area contributed by atoms with E-state index < -0.39 is 21.6 Å². The average molecular weight is 516 g/mol. The van der Waals surface area contributed by atoms with Gasteiger partial charge in [-0.25, -0.2) is 8.42 Å². The number of anilines is 1. The molecular weight excluding hydrogens is 474 g/mol. The quantitative estimate of drug-likeness (QED) is 0.505. The predicted molar refractivity (Wildman–Crippen MR) is 146 cm³/mol. The van der Waals surface area contributed by atoms with E-state index in [1.165, 1.54) is 10.6 Å². The summed E-state index contributed by atoms with van der Waals surface area (Å²) in [4.78, 5) is 28.0. The molecule has 198 valence electrons. The van der Waals surface area contributed by atoms with E-state index in [1.54, 1.807) is 11.8 Å². The van der Waals surface area contributed by atoms with E-state index in [0.717, 1.165) is 22.3 Å². The van der Waals surface area contributed by atoms with Crippen LogP contribution in [0.25, 0.3) is 0 Å². The van der Waals surface area contributed by atoms with Crippen molar-refractivity contribution < 1.29 is 18.0 Å². The van der Waals surface area contributed by atoms with Crippen molar-refractivity contribution >= 4 is 27.5 Å². The van der Waals surface area contributed by atoms with Gasteiger partial charge in [0.25, 0.3) is 0 Å². The van der Waals surface area contributed by atoms with Crippen molar-refractivity contribution in [3.8, 4) is 0 Å². The molecule has 0 aromatic heterocycles. The van der Waals surface area contributed by atoms with Gasteiger partial charge in [-0.1, -0.05) is 36.4 Å². The summed E-state index contributed by atoms with van der Waals surface area (Å²) in [6, 6.07) is 12.8. The molecule has 0 aliphatic rings. The summed E-state index contributed by atoms with van der Waals surface area (Å²) in [5.74, 6) is -0.415. The molecule has 1 atom stereocenters. The van der Waals surface area contributed by atoms with Crippen LogP contribution in [-0.4, -0.2) is 49.5 Å². The molecule has 0 bridgehead atoms. The minimum absolute atomic E-state index is 0.121. The molecule has 0 radical (unpaired) electrons. The highest BCUT2D eigenvalue weighted by atomic mass is 32.2. The number of hydrogen-bond acceptors (Lipinski definition) is 4. The first-order valence-electron chi connectivity index (χ1n) is 12.3. The average Bonchev–Trinajstić information content (AvgIpc) is 2.75. The fourth-order valence-electron chi connectivity index (χ4n) is 4.00. The molecule has 0 spiro atoms. The van der Waals surface area contributed by atoms with Crippen LogP contribution in [0.15, 0.2) is 42.5 Å². The topological polar surface area (TPSA) is 86.8 Å². The van der Waals surface area contributed by atoms with Crippen molar-refractivity contribution in [2.24, 2.45) is 0 Å². The zero-order valence-electron chi connectivity index (χ0n) is 22.9. The van der Waals surface area contributed by atoms with Gasteiger partial charge in [-0.15, -0.1) is 0 Å². The molecule has 8 heteroatoms. The van der Waals surface area contributed by atoms with Crippen LogP contribution in [0.4, 0.5) is 5.69 Å². The molecule has 7 nitrogen and oxygen atoms in total.